The molecule has 0 aliphatic carbocycles. The van der Waals surface area contributed by atoms with Gasteiger partial charge < -0.3 is 9.79 Å². The van der Waals surface area contributed by atoms with E-state index in [-0.39, 0.29) is 0 Å². The van der Waals surface area contributed by atoms with Crippen LogP contribution in [0.2, 0.25) is 19.6 Å². The lowest BCUT2D eigenvalue weighted by Gasteiger charge is -2.07. The summed E-state index contributed by atoms with van der Waals surface area (Å²) in [7, 11) is -5.35. The Morgan fingerprint density at radius 3 is 1.80 bits per heavy atom. The van der Waals surface area contributed by atoms with Gasteiger partial charge in [-0.15, -0.1) is 0 Å². The van der Waals surface area contributed by atoms with E-state index in [9.17, 15) is 4.57 Å². The van der Waals surface area contributed by atoms with Crippen molar-refractivity contribution in [2.45, 2.75) is 19.6 Å². The van der Waals surface area contributed by atoms with Crippen LogP contribution in [-0.2, 0) is 4.57 Å². The molecule has 5 heteroatoms. The molecular weight excluding hydrogens is 167 g/mol. The Bertz CT molecular complexity index is 176. The second-order valence-corrected chi connectivity index (χ2v) is 9.81. The fourth-order valence-corrected chi connectivity index (χ4v) is 2.89. The third kappa shape index (κ3) is 8.11. The highest BCUT2D eigenvalue weighted by atomic mass is 31.2. The van der Waals surface area contributed by atoms with Gasteiger partial charge in [0.15, 0.2) is 0 Å². The van der Waals surface area contributed by atoms with Crippen molar-refractivity contribution in [1.82, 2.24) is 0 Å². The summed E-state index contributed by atoms with van der Waals surface area (Å²) in [5, 5.41) is 0. The van der Waals surface area contributed by atoms with Gasteiger partial charge in [-0.05, 0) is 0 Å². The maximum Gasteiger partial charge on any atom is 0.348 e. The predicted octanol–water partition coefficient (Wildman–Crippen LogP) is 1.56. The van der Waals surface area contributed by atoms with Gasteiger partial charge in [-0.25, -0.2) is 0 Å². The molecule has 2 N–H and O–H groups in total. The van der Waals surface area contributed by atoms with E-state index in [1.165, 1.54) is 0 Å². The van der Waals surface area contributed by atoms with Crippen LogP contribution < -0.4 is 0 Å². The average molecular weight is 180 g/mol. The molecule has 3 nitrogen and oxygen atoms in total. The van der Waals surface area contributed by atoms with Crippen LogP contribution in [0.15, 0.2) is 11.5 Å². The summed E-state index contributed by atoms with van der Waals surface area (Å²) in [4.78, 5) is 16.9. The monoisotopic (exact) mass is 180 g/mol. The molecule has 0 aromatic heterocycles. The van der Waals surface area contributed by atoms with Gasteiger partial charge in [0.25, 0.3) is 0 Å². The first-order chi connectivity index (χ1) is 4.21. The van der Waals surface area contributed by atoms with E-state index in [1.54, 1.807) is 5.70 Å². The van der Waals surface area contributed by atoms with Crippen LogP contribution in [0.5, 0.6) is 0 Å². The maximum absolute atomic E-state index is 10.3. The van der Waals surface area contributed by atoms with Gasteiger partial charge in [-0.1, -0.05) is 25.3 Å². The number of hydrogen-bond acceptors (Lipinski definition) is 1. The van der Waals surface area contributed by atoms with Crippen molar-refractivity contribution in [3.05, 3.63) is 11.5 Å². The van der Waals surface area contributed by atoms with Crippen molar-refractivity contribution in [1.29, 1.82) is 0 Å². The summed E-state index contributed by atoms with van der Waals surface area (Å²) in [6.45, 7) is 6.04. The van der Waals surface area contributed by atoms with Crippen LogP contribution in [0, 0.1) is 0 Å². The molecule has 0 aliphatic heterocycles. The summed E-state index contributed by atoms with van der Waals surface area (Å²) in [5.74, 6) is 0.999. The van der Waals surface area contributed by atoms with E-state index in [2.05, 4.69) is 0 Å². The summed E-state index contributed by atoms with van der Waals surface area (Å²) in [6.07, 6.45) is 0. The van der Waals surface area contributed by atoms with Crippen LogP contribution >= 0.6 is 7.60 Å². The normalized spacial score (nSPS) is 14.5. The smallest absolute Gasteiger partial charge is 0.321 e. The average Bonchev–Trinajstić information content (AvgIpc) is 1.57. The van der Waals surface area contributed by atoms with Crippen LogP contribution in [-0.4, -0.2) is 17.9 Å². The summed E-state index contributed by atoms with van der Waals surface area (Å²) < 4.78 is 10.3. The van der Waals surface area contributed by atoms with Gasteiger partial charge >= 0.3 is 7.60 Å². The molecular formula is C5H13O3PSi. The fourth-order valence-electron chi connectivity index (χ4n) is 0.321. The summed E-state index contributed by atoms with van der Waals surface area (Å²) in [6, 6.07) is 0. The van der Waals surface area contributed by atoms with Gasteiger partial charge in [-0.2, -0.15) is 0 Å². The Labute approximate surface area is 61.9 Å². The molecule has 0 radical (unpaired) electrons. The minimum absolute atomic E-state index is 0.999. The van der Waals surface area contributed by atoms with Crippen molar-refractivity contribution >= 4 is 15.7 Å². The van der Waals surface area contributed by atoms with E-state index < -0.39 is 15.7 Å². The Kier molecular flexibility index (Phi) is 3.04. The molecule has 0 spiro atoms. The van der Waals surface area contributed by atoms with Gasteiger partial charge in [0.1, 0.15) is 0 Å². The third-order valence-electron chi connectivity index (χ3n) is 0.769. The molecule has 0 saturated carbocycles. The Hall–Kier alpha value is 0.107. The molecule has 0 unspecified atom stereocenters. The fraction of sp³-hybridized carbons (Fsp3) is 0.600. The molecule has 0 heterocycles. The Balaban J connectivity index is 4.16. The van der Waals surface area contributed by atoms with Crippen molar-refractivity contribution < 1.29 is 14.4 Å². The van der Waals surface area contributed by atoms with Crippen molar-refractivity contribution in [2.24, 2.45) is 0 Å². The second-order valence-electron chi connectivity index (χ2n) is 3.27. The van der Waals surface area contributed by atoms with E-state index >= 15 is 0 Å². The standard InChI is InChI=1S/C5H13O3PSi/c1-10(2,3)5-4-9(6,7)8/h4-5H,1-3H3,(H2,6,7,8). The zero-order chi connectivity index (χ0) is 8.41. The van der Waals surface area contributed by atoms with Crippen molar-refractivity contribution in [2.75, 3.05) is 0 Å². The first-order valence-electron chi connectivity index (χ1n) is 2.96. The van der Waals surface area contributed by atoms with E-state index in [0.717, 1.165) is 5.82 Å². The summed E-state index contributed by atoms with van der Waals surface area (Å²) in [5.41, 5.74) is 1.65. The number of hydrogen-bond donors (Lipinski definition) is 2. The lowest BCUT2D eigenvalue weighted by molar-refractivity contribution is 0.386. The molecule has 0 aromatic carbocycles. The Morgan fingerprint density at radius 2 is 1.70 bits per heavy atom. The highest BCUT2D eigenvalue weighted by Crippen LogP contribution is 2.36. The highest BCUT2D eigenvalue weighted by Gasteiger charge is 2.12. The minimum Gasteiger partial charge on any atom is -0.321 e. The van der Waals surface area contributed by atoms with Gasteiger partial charge in [-0.3, -0.25) is 4.57 Å². The topological polar surface area (TPSA) is 57.5 Å². The maximum atomic E-state index is 10.3. The van der Waals surface area contributed by atoms with E-state index in [4.69, 9.17) is 9.79 Å². The highest BCUT2D eigenvalue weighted by molar-refractivity contribution is 7.55. The zero-order valence-corrected chi connectivity index (χ0v) is 8.30. The van der Waals surface area contributed by atoms with Gasteiger partial charge in [0, 0.05) is 5.82 Å². The van der Waals surface area contributed by atoms with E-state index in [0.29, 0.717) is 0 Å². The largest absolute Gasteiger partial charge is 0.348 e. The van der Waals surface area contributed by atoms with Crippen LogP contribution in [0.4, 0.5) is 0 Å². The summed E-state index contributed by atoms with van der Waals surface area (Å²) >= 11 is 0. The minimum atomic E-state index is -3.91. The molecule has 0 rings (SSSR count). The molecule has 0 amide bonds. The van der Waals surface area contributed by atoms with Gasteiger partial charge in [0.05, 0.1) is 8.07 Å². The number of rotatable bonds is 2. The third-order valence-corrected chi connectivity index (χ3v) is 2.75. The van der Waals surface area contributed by atoms with Crippen molar-refractivity contribution in [3.63, 3.8) is 0 Å². The zero-order valence-electron chi connectivity index (χ0n) is 6.40. The molecule has 0 fully saturated rings. The quantitative estimate of drug-likeness (QED) is 0.500. The van der Waals surface area contributed by atoms with Gasteiger partial charge in [0.2, 0.25) is 0 Å². The van der Waals surface area contributed by atoms with Crippen LogP contribution in [0.1, 0.15) is 0 Å². The predicted molar refractivity (Wildman–Crippen MR) is 44.5 cm³/mol. The molecule has 0 saturated heterocycles. The molecule has 60 valence electrons. The molecule has 10 heavy (non-hydrogen) atoms. The van der Waals surface area contributed by atoms with Crippen LogP contribution in [0.25, 0.3) is 0 Å². The Morgan fingerprint density at radius 1 is 1.30 bits per heavy atom. The SMILES string of the molecule is C[Si](C)(C)C=CP(=O)(O)O. The molecule has 0 atom stereocenters. The second kappa shape index (κ2) is 3.01. The molecule has 0 aromatic rings. The van der Waals surface area contributed by atoms with Crippen LogP contribution in [0.3, 0.4) is 0 Å². The molecule has 0 aliphatic rings. The molecule has 0 bridgehead atoms. The first-order valence-corrected chi connectivity index (χ1v) is 8.22. The van der Waals surface area contributed by atoms with Crippen molar-refractivity contribution in [3.8, 4) is 0 Å². The van der Waals surface area contributed by atoms with E-state index in [1.807, 2.05) is 19.6 Å². The first kappa shape index (κ1) is 10.1. The lowest BCUT2D eigenvalue weighted by atomic mass is 11.2. The lowest BCUT2D eigenvalue weighted by Crippen LogP contribution is -2.15.